The number of ether oxygens (including phenoxy) is 3. The summed E-state index contributed by atoms with van der Waals surface area (Å²) in [4.78, 5) is 9.08. The van der Waals surface area contributed by atoms with E-state index in [-0.39, 0.29) is 6.61 Å². The Morgan fingerprint density at radius 2 is 1.81 bits per heavy atom. The van der Waals surface area contributed by atoms with Crippen LogP contribution in [-0.4, -0.2) is 60.5 Å². The largest absolute Gasteiger partial charge is 0.493 e. The summed E-state index contributed by atoms with van der Waals surface area (Å²) in [5.74, 6) is 2.93. The Bertz CT molecular complexity index is 984. The number of aryl methyl sites for hydroxylation is 1. The molecule has 3 heterocycles. The normalized spacial score (nSPS) is 14.5. The van der Waals surface area contributed by atoms with Gasteiger partial charge in [-0.15, -0.1) is 10.2 Å². The number of benzene rings is 1. The second kappa shape index (κ2) is 9.65. The fourth-order valence-electron chi connectivity index (χ4n) is 3.57. The molecule has 0 saturated carbocycles. The molecule has 1 aliphatic heterocycles. The summed E-state index contributed by atoms with van der Waals surface area (Å²) in [6.07, 6.45) is 1.87. The van der Waals surface area contributed by atoms with Gasteiger partial charge in [0, 0.05) is 45.7 Å². The van der Waals surface area contributed by atoms with Gasteiger partial charge in [-0.2, -0.15) is 0 Å². The maximum absolute atomic E-state index is 5.89. The van der Waals surface area contributed by atoms with Gasteiger partial charge in [-0.25, -0.2) is 4.98 Å². The molecule has 9 nitrogen and oxygen atoms in total. The molecule has 0 spiro atoms. The molecule has 0 amide bonds. The molecule has 4 rings (SSSR count). The Kier molecular flexibility index (Phi) is 6.51. The second-order valence-corrected chi connectivity index (χ2v) is 7.31. The predicted molar refractivity (Wildman–Crippen MR) is 115 cm³/mol. The number of methoxy groups -OCH3 is 2. The molecule has 1 saturated heterocycles. The molecule has 164 valence electrons. The standard InChI is InChI=1S/C22H27N5O4/c1-16-24-25-22(31-16)15-30-20-12-17(4-6-19(20)28-2)14-26-8-10-27(11-9-26)18-5-7-21(29-3)23-13-18/h4-7,12-13H,8-11,14-15H2,1-3H3. The van der Waals surface area contributed by atoms with Crippen LogP contribution in [0.4, 0.5) is 5.69 Å². The van der Waals surface area contributed by atoms with Gasteiger partial charge in [0.15, 0.2) is 18.1 Å². The smallest absolute Gasteiger partial charge is 0.253 e. The summed E-state index contributed by atoms with van der Waals surface area (Å²) in [6, 6.07) is 9.98. The van der Waals surface area contributed by atoms with Crippen LogP contribution >= 0.6 is 0 Å². The molecule has 3 aromatic rings. The lowest BCUT2D eigenvalue weighted by molar-refractivity contribution is 0.241. The van der Waals surface area contributed by atoms with E-state index in [1.54, 1.807) is 21.1 Å². The summed E-state index contributed by atoms with van der Waals surface area (Å²) in [6.45, 7) is 6.63. The highest BCUT2D eigenvalue weighted by molar-refractivity contribution is 5.46. The maximum atomic E-state index is 5.89. The molecule has 0 aliphatic carbocycles. The molecule has 1 fully saturated rings. The second-order valence-electron chi connectivity index (χ2n) is 7.31. The number of pyridine rings is 1. The van der Waals surface area contributed by atoms with Gasteiger partial charge in [-0.3, -0.25) is 4.90 Å². The van der Waals surface area contributed by atoms with Crippen LogP contribution in [0.5, 0.6) is 17.4 Å². The van der Waals surface area contributed by atoms with Crippen LogP contribution in [0.25, 0.3) is 0 Å². The Balaban J connectivity index is 1.34. The number of nitrogens with zero attached hydrogens (tertiary/aromatic N) is 5. The Morgan fingerprint density at radius 1 is 0.968 bits per heavy atom. The zero-order chi connectivity index (χ0) is 21.6. The van der Waals surface area contributed by atoms with E-state index in [4.69, 9.17) is 18.6 Å². The van der Waals surface area contributed by atoms with Crippen molar-refractivity contribution in [2.75, 3.05) is 45.3 Å². The Labute approximate surface area is 181 Å². The number of anilines is 1. The van der Waals surface area contributed by atoms with Crippen LogP contribution < -0.4 is 19.1 Å². The summed E-state index contributed by atoms with van der Waals surface area (Å²) >= 11 is 0. The van der Waals surface area contributed by atoms with Crippen molar-refractivity contribution in [3.05, 3.63) is 53.9 Å². The SMILES string of the molecule is COc1ccc(N2CCN(Cc3ccc(OC)c(OCc4nnc(C)o4)c3)CC2)cn1. The molecule has 31 heavy (non-hydrogen) atoms. The monoisotopic (exact) mass is 425 g/mol. The van der Waals surface area contributed by atoms with Crippen LogP contribution in [0.1, 0.15) is 17.3 Å². The number of hydrogen-bond donors (Lipinski definition) is 0. The zero-order valence-corrected chi connectivity index (χ0v) is 18.1. The molecular formula is C22H27N5O4. The fraction of sp³-hybridized carbons (Fsp3) is 0.409. The lowest BCUT2D eigenvalue weighted by atomic mass is 10.1. The molecule has 0 bridgehead atoms. The minimum absolute atomic E-state index is 0.204. The molecule has 1 aromatic carbocycles. The van der Waals surface area contributed by atoms with Gasteiger partial charge in [0.1, 0.15) is 0 Å². The first-order valence-electron chi connectivity index (χ1n) is 10.2. The quantitative estimate of drug-likeness (QED) is 0.541. The summed E-state index contributed by atoms with van der Waals surface area (Å²) in [5.41, 5.74) is 2.29. The van der Waals surface area contributed by atoms with Gasteiger partial charge in [0.25, 0.3) is 5.89 Å². The molecule has 1 aliphatic rings. The first kappa shape index (κ1) is 20.9. The highest BCUT2D eigenvalue weighted by atomic mass is 16.5. The zero-order valence-electron chi connectivity index (χ0n) is 18.1. The average Bonchev–Trinajstić information content (AvgIpc) is 3.23. The van der Waals surface area contributed by atoms with Crippen molar-refractivity contribution >= 4 is 5.69 Å². The van der Waals surface area contributed by atoms with Crippen molar-refractivity contribution in [1.82, 2.24) is 20.1 Å². The number of piperazine rings is 1. The van der Waals surface area contributed by atoms with E-state index in [1.165, 1.54) is 0 Å². The van der Waals surface area contributed by atoms with Crippen molar-refractivity contribution in [3.8, 4) is 17.4 Å². The molecular weight excluding hydrogens is 398 g/mol. The number of aromatic nitrogens is 3. The predicted octanol–water partition coefficient (Wildman–Crippen LogP) is 2.69. The summed E-state index contributed by atoms with van der Waals surface area (Å²) in [5, 5.41) is 7.79. The van der Waals surface area contributed by atoms with Gasteiger partial charge in [-0.05, 0) is 23.8 Å². The van der Waals surface area contributed by atoms with Gasteiger partial charge < -0.3 is 23.5 Å². The van der Waals surface area contributed by atoms with Crippen molar-refractivity contribution < 1.29 is 18.6 Å². The third-order valence-corrected chi connectivity index (χ3v) is 5.22. The van der Waals surface area contributed by atoms with Crippen molar-refractivity contribution in [2.45, 2.75) is 20.1 Å². The molecule has 2 aromatic heterocycles. The van der Waals surface area contributed by atoms with Crippen LogP contribution in [0, 0.1) is 6.92 Å². The van der Waals surface area contributed by atoms with Gasteiger partial charge in [0.2, 0.25) is 11.8 Å². The molecule has 0 unspecified atom stereocenters. The minimum atomic E-state index is 0.204. The summed E-state index contributed by atoms with van der Waals surface area (Å²) < 4.78 is 21.8. The number of hydrogen-bond acceptors (Lipinski definition) is 9. The average molecular weight is 425 g/mol. The van der Waals surface area contributed by atoms with Crippen LogP contribution in [0.2, 0.25) is 0 Å². The molecule has 0 radical (unpaired) electrons. The molecule has 0 atom stereocenters. The van der Waals surface area contributed by atoms with Crippen molar-refractivity contribution in [2.24, 2.45) is 0 Å². The third kappa shape index (κ3) is 5.24. The maximum Gasteiger partial charge on any atom is 0.253 e. The van der Waals surface area contributed by atoms with Gasteiger partial charge in [-0.1, -0.05) is 6.07 Å². The lowest BCUT2D eigenvalue weighted by Crippen LogP contribution is -2.46. The highest BCUT2D eigenvalue weighted by Gasteiger charge is 2.18. The Hall–Kier alpha value is -3.33. The topological polar surface area (TPSA) is 86.0 Å². The van der Waals surface area contributed by atoms with Gasteiger partial charge in [0.05, 0.1) is 26.1 Å². The van der Waals surface area contributed by atoms with Gasteiger partial charge >= 0.3 is 0 Å². The van der Waals surface area contributed by atoms with Crippen LogP contribution in [0.3, 0.4) is 0 Å². The number of rotatable bonds is 8. The van der Waals surface area contributed by atoms with E-state index >= 15 is 0 Å². The van der Waals surface area contributed by atoms with Crippen molar-refractivity contribution in [3.63, 3.8) is 0 Å². The first-order valence-corrected chi connectivity index (χ1v) is 10.2. The minimum Gasteiger partial charge on any atom is -0.493 e. The van der Waals surface area contributed by atoms with Crippen LogP contribution in [-0.2, 0) is 13.2 Å². The molecule has 0 N–H and O–H groups in total. The third-order valence-electron chi connectivity index (χ3n) is 5.22. The van der Waals surface area contributed by atoms with E-state index < -0.39 is 0 Å². The highest BCUT2D eigenvalue weighted by Crippen LogP contribution is 2.29. The van der Waals surface area contributed by atoms with E-state index in [0.717, 1.165) is 44.0 Å². The van der Waals surface area contributed by atoms with E-state index in [1.807, 2.05) is 24.4 Å². The lowest BCUT2D eigenvalue weighted by Gasteiger charge is -2.36. The summed E-state index contributed by atoms with van der Waals surface area (Å²) in [7, 11) is 3.26. The van der Waals surface area contributed by atoms with Crippen molar-refractivity contribution in [1.29, 1.82) is 0 Å². The van der Waals surface area contributed by atoms with E-state index in [2.05, 4.69) is 37.1 Å². The van der Waals surface area contributed by atoms with E-state index in [9.17, 15) is 0 Å². The molecule has 9 heteroatoms. The Morgan fingerprint density at radius 3 is 2.45 bits per heavy atom. The first-order chi connectivity index (χ1) is 15.1. The fourth-order valence-corrected chi connectivity index (χ4v) is 3.57. The van der Waals surface area contributed by atoms with Crippen LogP contribution in [0.15, 0.2) is 40.9 Å². The van der Waals surface area contributed by atoms with E-state index in [0.29, 0.717) is 29.2 Å².